The van der Waals surface area contributed by atoms with Gasteiger partial charge in [0.1, 0.15) is 17.4 Å². The van der Waals surface area contributed by atoms with Crippen LogP contribution in [0.1, 0.15) is 6.42 Å². The highest BCUT2D eigenvalue weighted by molar-refractivity contribution is 6.17. The maximum atomic E-state index is 11.8. The van der Waals surface area contributed by atoms with Crippen molar-refractivity contribution >= 4 is 23.2 Å². The minimum atomic E-state index is -0.581. The number of carbonyl (C=O) groups excluding carboxylic acids is 1. The molecule has 0 aliphatic carbocycles. The molecule has 0 aliphatic rings. The van der Waals surface area contributed by atoms with Crippen molar-refractivity contribution < 1.29 is 9.90 Å². The molecule has 0 unspecified atom stereocenters. The first-order chi connectivity index (χ1) is 9.19. The van der Waals surface area contributed by atoms with Crippen molar-refractivity contribution in [1.82, 2.24) is 5.32 Å². The molecule has 0 saturated heterocycles. The normalized spacial score (nSPS) is 10.6. The van der Waals surface area contributed by atoms with Gasteiger partial charge in [-0.3, -0.25) is 4.79 Å². The zero-order valence-corrected chi connectivity index (χ0v) is 10.9. The number of nitriles is 1. The molecular formula is C13H14ClN3O2. The van der Waals surface area contributed by atoms with Crippen molar-refractivity contribution in [3.8, 4) is 11.8 Å². The molecule has 0 aliphatic heterocycles. The summed E-state index contributed by atoms with van der Waals surface area (Å²) < 4.78 is 0. The van der Waals surface area contributed by atoms with Crippen LogP contribution in [0.15, 0.2) is 36.0 Å². The Morgan fingerprint density at radius 2 is 2.21 bits per heavy atom. The average molecular weight is 280 g/mol. The molecule has 0 saturated carbocycles. The van der Waals surface area contributed by atoms with Gasteiger partial charge in [0.25, 0.3) is 5.91 Å². The number of rotatable bonds is 6. The van der Waals surface area contributed by atoms with Crippen LogP contribution in [-0.2, 0) is 4.79 Å². The van der Waals surface area contributed by atoms with Crippen molar-refractivity contribution in [3.05, 3.63) is 36.0 Å². The number of amides is 1. The summed E-state index contributed by atoms with van der Waals surface area (Å²) in [5.41, 5.74) is 0.187. The van der Waals surface area contributed by atoms with Crippen LogP contribution in [0.5, 0.6) is 5.75 Å². The summed E-state index contributed by atoms with van der Waals surface area (Å²) in [6.45, 7) is 0.582. The number of nitrogens with one attached hydrogen (secondary N) is 2. The SMILES string of the molecule is N#C/C(=C/NCCCCl)C(=O)Nc1ccccc1O. The van der Waals surface area contributed by atoms with E-state index in [-0.39, 0.29) is 17.0 Å². The molecule has 5 nitrogen and oxygen atoms in total. The zero-order chi connectivity index (χ0) is 14.1. The number of aromatic hydroxyl groups is 1. The predicted octanol–water partition coefficient (Wildman–Crippen LogP) is 1.96. The number of anilines is 1. The van der Waals surface area contributed by atoms with E-state index in [1.807, 2.05) is 0 Å². The van der Waals surface area contributed by atoms with Gasteiger partial charge in [0, 0.05) is 18.6 Å². The standard InChI is InChI=1S/C13H14ClN3O2/c14-6-3-7-16-9-10(8-15)13(19)17-11-4-1-2-5-12(11)18/h1-2,4-5,9,16,18H,3,6-7H2,(H,17,19)/b10-9-. The number of phenols is 1. The Labute approximate surface area is 116 Å². The Morgan fingerprint density at radius 3 is 2.84 bits per heavy atom. The number of alkyl halides is 1. The van der Waals surface area contributed by atoms with Crippen LogP contribution in [0.25, 0.3) is 0 Å². The molecule has 1 aromatic rings. The summed E-state index contributed by atoms with van der Waals surface area (Å²) in [5.74, 6) is -0.127. The van der Waals surface area contributed by atoms with Crippen LogP contribution in [-0.4, -0.2) is 23.4 Å². The van der Waals surface area contributed by atoms with Gasteiger partial charge in [0.2, 0.25) is 0 Å². The molecule has 0 bridgehead atoms. The monoisotopic (exact) mass is 279 g/mol. The summed E-state index contributed by atoms with van der Waals surface area (Å²) >= 11 is 5.51. The fourth-order valence-corrected chi connectivity index (χ4v) is 1.39. The quantitative estimate of drug-likeness (QED) is 0.244. The number of hydrogen-bond donors (Lipinski definition) is 3. The third kappa shape index (κ3) is 4.90. The second kappa shape index (κ2) is 8.01. The lowest BCUT2D eigenvalue weighted by Gasteiger charge is -2.06. The Bertz CT molecular complexity index is 509. The van der Waals surface area contributed by atoms with Gasteiger partial charge in [-0.05, 0) is 18.6 Å². The van der Waals surface area contributed by atoms with E-state index in [2.05, 4.69) is 10.6 Å². The second-order valence-electron chi connectivity index (χ2n) is 3.64. The molecule has 1 aromatic carbocycles. The van der Waals surface area contributed by atoms with Gasteiger partial charge < -0.3 is 15.7 Å². The maximum absolute atomic E-state index is 11.8. The average Bonchev–Trinajstić information content (AvgIpc) is 2.41. The first kappa shape index (κ1) is 14.9. The van der Waals surface area contributed by atoms with Crippen LogP contribution in [0.4, 0.5) is 5.69 Å². The highest BCUT2D eigenvalue weighted by Crippen LogP contribution is 2.21. The summed E-state index contributed by atoms with van der Waals surface area (Å²) in [6, 6.07) is 8.09. The molecule has 0 atom stereocenters. The van der Waals surface area contributed by atoms with E-state index in [0.717, 1.165) is 6.42 Å². The highest BCUT2D eigenvalue weighted by atomic mass is 35.5. The smallest absolute Gasteiger partial charge is 0.267 e. The molecule has 19 heavy (non-hydrogen) atoms. The van der Waals surface area contributed by atoms with Crippen molar-refractivity contribution in [2.75, 3.05) is 17.7 Å². The Kier molecular flexibility index (Phi) is 6.27. The first-order valence-electron chi connectivity index (χ1n) is 5.68. The molecule has 1 amide bonds. The zero-order valence-electron chi connectivity index (χ0n) is 10.2. The molecule has 3 N–H and O–H groups in total. The Hall–Kier alpha value is -2.19. The largest absolute Gasteiger partial charge is 0.506 e. The number of hydrogen-bond acceptors (Lipinski definition) is 4. The minimum Gasteiger partial charge on any atom is -0.506 e. The second-order valence-corrected chi connectivity index (χ2v) is 4.02. The minimum absolute atomic E-state index is 0.0526. The molecule has 0 radical (unpaired) electrons. The van der Waals surface area contributed by atoms with E-state index in [1.54, 1.807) is 24.3 Å². The number of nitrogens with zero attached hydrogens (tertiary/aromatic N) is 1. The van der Waals surface area contributed by atoms with Gasteiger partial charge in [-0.25, -0.2) is 0 Å². The molecule has 6 heteroatoms. The fourth-order valence-electron chi connectivity index (χ4n) is 1.26. The van der Waals surface area contributed by atoms with E-state index >= 15 is 0 Å². The molecule has 0 spiro atoms. The summed E-state index contributed by atoms with van der Waals surface area (Å²) in [7, 11) is 0. The van der Waals surface area contributed by atoms with Crippen molar-refractivity contribution in [2.45, 2.75) is 6.42 Å². The lowest BCUT2D eigenvalue weighted by Crippen LogP contribution is -2.17. The lowest BCUT2D eigenvalue weighted by atomic mass is 10.2. The molecule has 0 fully saturated rings. The third-order valence-electron chi connectivity index (χ3n) is 2.22. The number of halogens is 1. The fraction of sp³-hybridized carbons (Fsp3) is 0.231. The molecule has 0 aromatic heterocycles. The number of carbonyl (C=O) groups is 1. The highest BCUT2D eigenvalue weighted by Gasteiger charge is 2.10. The van der Waals surface area contributed by atoms with E-state index in [9.17, 15) is 9.90 Å². The molecule has 1 rings (SSSR count). The van der Waals surface area contributed by atoms with E-state index in [0.29, 0.717) is 12.4 Å². The summed E-state index contributed by atoms with van der Waals surface area (Å²) in [6.07, 6.45) is 2.07. The number of benzene rings is 1. The predicted molar refractivity (Wildman–Crippen MR) is 73.8 cm³/mol. The maximum Gasteiger partial charge on any atom is 0.267 e. The third-order valence-corrected chi connectivity index (χ3v) is 2.49. The van der Waals surface area contributed by atoms with Gasteiger partial charge in [0.05, 0.1) is 5.69 Å². The molecule has 0 heterocycles. The first-order valence-corrected chi connectivity index (χ1v) is 6.21. The van der Waals surface area contributed by atoms with E-state index in [1.165, 1.54) is 12.3 Å². The van der Waals surface area contributed by atoms with Crippen LogP contribution in [0, 0.1) is 11.3 Å². The van der Waals surface area contributed by atoms with Crippen LogP contribution < -0.4 is 10.6 Å². The Morgan fingerprint density at radius 1 is 1.47 bits per heavy atom. The Balaban J connectivity index is 2.65. The van der Waals surface area contributed by atoms with Gasteiger partial charge in [-0.1, -0.05) is 12.1 Å². The van der Waals surface area contributed by atoms with Crippen LogP contribution in [0.3, 0.4) is 0 Å². The lowest BCUT2D eigenvalue weighted by molar-refractivity contribution is -0.112. The van der Waals surface area contributed by atoms with Crippen molar-refractivity contribution in [3.63, 3.8) is 0 Å². The van der Waals surface area contributed by atoms with E-state index < -0.39 is 5.91 Å². The van der Waals surface area contributed by atoms with Gasteiger partial charge in [-0.15, -0.1) is 11.6 Å². The number of para-hydroxylation sites is 2. The molecular weight excluding hydrogens is 266 g/mol. The van der Waals surface area contributed by atoms with Crippen LogP contribution >= 0.6 is 11.6 Å². The van der Waals surface area contributed by atoms with Crippen LogP contribution in [0.2, 0.25) is 0 Å². The van der Waals surface area contributed by atoms with Gasteiger partial charge >= 0.3 is 0 Å². The van der Waals surface area contributed by atoms with E-state index in [4.69, 9.17) is 16.9 Å². The topological polar surface area (TPSA) is 85.2 Å². The number of phenolic OH excluding ortho intramolecular Hbond substituents is 1. The summed E-state index contributed by atoms with van der Waals surface area (Å²) in [5, 5.41) is 23.7. The van der Waals surface area contributed by atoms with Crippen molar-refractivity contribution in [2.24, 2.45) is 0 Å². The van der Waals surface area contributed by atoms with Gasteiger partial charge in [0.15, 0.2) is 0 Å². The molecule has 100 valence electrons. The van der Waals surface area contributed by atoms with Gasteiger partial charge in [-0.2, -0.15) is 5.26 Å². The summed E-state index contributed by atoms with van der Waals surface area (Å²) in [4.78, 5) is 11.8. The van der Waals surface area contributed by atoms with Crippen molar-refractivity contribution in [1.29, 1.82) is 5.26 Å².